The number of nitrogen functional groups attached to an aromatic ring is 1. The highest BCUT2D eigenvalue weighted by Gasteiger charge is 2.07. The molecule has 20 heavy (non-hydrogen) atoms. The lowest BCUT2D eigenvalue weighted by Gasteiger charge is -2.11. The highest BCUT2D eigenvalue weighted by molar-refractivity contribution is 9.10. The van der Waals surface area contributed by atoms with Crippen molar-refractivity contribution in [3.8, 4) is 0 Å². The lowest BCUT2D eigenvalue weighted by Crippen LogP contribution is -1.96. The van der Waals surface area contributed by atoms with Crippen molar-refractivity contribution in [3.63, 3.8) is 0 Å². The van der Waals surface area contributed by atoms with Crippen LogP contribution in [0.5, 0.6) is 0 Å². The molecule has 0 amide bonds. The molecule has 2 aromatic carbocycles. The minimum atomic E-state index is 0.686. The van der Waals surface area contributed by atoms with Crippen molar-refractivity contribution in [2.24, 2.45) is 0 Å². The molecule has 0 aliphatic carbocycles. The maximum atomic E-state index is 6.00. The van der Waals surface area contributed by atoms with Crippen molar-refractivity contribution in [3.05, 3.63) is 58.2 Å². The molecule has 0 saturated carbocycles. The molecule has 1 heterocycles. The lowest BCUT2D eigenvalue weighted by atomic mass is 10.1. The van der Waals surface area contributed by atoms with E-state index in [1.165, 1.54) is 0 Å². The SMILES string of the molecule is Nc1ccc(Nc2cccc(Cl)c2)c2ncc(Br)cc12. The van der Waals surface area contributed by atoms with Crippen LogP contribution in [0.15, 0.2) is 53.1 Å². The number of benzene rings is 2. The highest BCUT2D eigenvalue weighted by Crippen LogP contribution is 2.31. The van der Waals surface area contributed by atoms with E-state index in [1.54, 1.807) is 6.20 Å². The Morgan fingerprint density at radius 2 is 2.00 bits per heavy atom. The molecular formula is C15H11BrClN3. The Bertz CT molecular complexity index is 789. The second-order valence-corrected chi connectivity index (χ2v) is 5.74. The predicted molar refractivity (Wildman–Crippen MR) is 88.6 cm³/mol. The molecule has 3 nitrogen and oxygen atoms in total. The summed E-state index contributed by atoms with van der Waals surface area (Å²) in [6.45, 7) is 0. The first kappa shape index (κ1) is 13.2. The van der Waals surface area contributed by atoms with Crippen LogP contribution in [0.1, 0.15) is 0 Å². The summed E-state index contributed by atoms with van der Waals surface area (Å²) in [6, 6.07) is 13.3. The van der Waals surface area contributed by atoms with Crippen LogP contribution in [0.4, 0.5) is 17.1 Å². The van der Waals surface area contributed by atoms with Crippen LogP contribution in [0.2, 0.25) is 5.02 Å². The van der Waals surface area contributed by atoms with Crippen molar-refractivity contribution in [1.82, 2.24) is 4.98 Å². The second-order valence-electron chi connectivity index (χ2n) is 4.39. The van der Waals surface area contributed by atoms with E-state index in [0.29, 0.717) is 10.7 Å². The summed E-state index contributed by atoms with van der Waals surface area (Å²) in [5, 5.41) is 4.91. The first-order valence-corrected chi connectivity index (χ1v) is 7.17. The molecule has 100 valence electrons. The van der Waals surface area contributed by atoms with Crippen LogP contribution in [0.3, 0.4) is 0 Å². The third-order valence-electron chi connectivity index (χ3n) is 2.95. The van der Waals surface area contributed by atoms with Crippen molar-refractivity contribution in [1.29, 1.82) is 0 Å². The van der Waals surface area contributed by atoms with Gasteiger partial charge in [0.2, 0.25) is 0 Å². The van der Waals surface area contributed by atoms with E-state index in [-0.39, 0.29) is 0 Å². The van der Waals surface area contributed by atoms with Gasteiger partial charge in [0.1, 0.15) is 0 Å². The molecule has 0 aliphatic heterocycles. The molecule has 3 rings (SSSR count). The molecule has 0 atom stereocenters. The van der Waals surface area contributed by atoms with Crippen molar-refractivity contribution < 1.29 is 0 Å². The van der Waals surface area contributed by atoms with Gasteiger partial charge in [0.05, 0.1) is 11.2 Å². The van der Waals surface area contributed by atoms with E-state index in [2.05, 4.69) is 26.2 Å². The molecule has 0 fully saturated rings. The summed E-state index contributed by atoms with van der Waals surface area (Å²) in [5.41, 5.74) is 9.33. The Morgan fingerprint density at radius 3 is 2.80 bits per heavy atom. The summed E-state index contributed by atoms with van der Waals surface area (Å²) in [4.78, 5) is 4.44. The van der Waals surface area contributed by atoms with Gasteiger partial charge in [-0.25, -0.2) is 0 Å². The average molecular weight is 349 g/mol. The Balaban J connectivity index is 2.10. The number of hydrogen-bond donors (Lipinski definition) is 2. The number of aromatic nitrogens is 1. The fraction of sp³-hybridized carbons (Fsp3) is 0. The number of hydrogen-bond acceptors (Lipinski definition) is 3. The normalized spacial score (nSPS) is 10.7. The second kappa shape index (κ2) is 5.31. The minimum Gasteiger partial charge on any atom is -0.398 e. The maximum Gasteiger partial charge on any atom is 0.0958 e. The standard InChI is InChI=1S/C15H11BrClN3/c16-9-6-12-13(18)4-5-14(15(12)19-8-9)20-11-3-1-2-10(17)7-11/h1-8,20H,18H2. The Morgan fingerprint density at radius 1 is 1.15 bits per heavy atom. The Hall–Kier alpha value is -1.78. The summed E-state index contributed by atoms with van der Waals surface area (Å²) >= 11 is 9.41. The third-order valence-corrected chi connectivity index (χ3v) is 3.62. The molecule has 5 heteroatoms. The van der Waals surface area contributed by atoms with Crippen LogP contribution in [0.25, 0.3) is 10.9 Å². The van der Waals surface area contributed by atoms with E-state index in [4.69, 9.17) is 17.3 Å². The predicted octanol–water partition coefficient (Wildman–Crippen LogP) is 4.98. The van der Waals surface area contributed by atoms with Gasteiger partial charge in [-0.2, -0.15) is 0 Å². The monoisotopic (exact) mass is 347 g/mol. The number of anilines is 3. The zero-order chi connectivity index (χ0) is 14.1. The first-order chi connectivity index (χ1) is 9.63. The van der Waals surface area contributed by atoms with Gasteiger partial charge in [-0.1, -0.05) is 17.7 Å². The zero-order valence-electron chi connectivity index (χ0n) is 10.4. The molecule has 1 aromatic heterocycles. The Kier molecular flexibility index (Phi) is 3.51. The molecular weight excluding hydrogens is 338 g/mol. The number of nitrogens with two attached hydrogens (primary N) is 1. The van der Waals surface area contributed by atoms with E-state index >= 15 is 0 Å². The number of halogens is 2. The molecule has 3 N–H and O–H groups in total. The average Bonchev–Trinajstić information content (AvgIpc) is 2.42. The van der Waals surface area contributed by atoms with Gasteiger partial charge < -0.3 is 11.1 Å². The van der Waals surface area contributed by atoms with Crippen LogP contribution >= 0.6 is 27.5 Å². The van der Waals surface area contributed by atoms with Crippen LogP contribution in [-0.4, -0.2) is 4.98 Å². The van der Waals surface area contributed by atoms with E-state index in [9.17, 15) is 0 Å². The maximum absolute atomic E-state index is 6.00. The fourth-order valence-corrected chi connectivity index (χ4v) is 2.56. The minimum absolute atomic E-state index is 0.686. The number of fused-ring (bicyclic) bond motifs is 1. The van der Waals surface area contributed by atoms with E-state index in [1.807, 2.05) is 42.5 Å². The highest BCUT2D eigenvalue weighted by atomic mass is 79.9. The molecule has 3 aromatic rings. The molecule has 0 saturated heterocycles. The number of rotatable bonds is 2. The summed E-state index contributed by atoms with van der Waals surface area (Å²) < 4.78 is 0.900. The molecule has 0 spiro atoms. The summed E-state index contributed by atoms with van der Waals surface area (Å²) in [7, 11) is 0. The van der Waals surface area contributed by atoms with Gasteiger partial charge in [-0.3, -0.25) is 4.98 Å². The molecule has 0 bridgehead atoms. The van der Waals surface area contributed by atoms with Crippen LogP contribution in [-0.2, 0) is 0 Å². The van der Waals surface area contributed by atoms with Crippen molar-refractivity contribution >= 4 is 55.5 Å². The smallest absolute Gasteiger partial charge is 0.0958 e. The Labute approximate surface area is 129 Å². The number of nitrogens with zero attached hydrogens (tertiary/aromatic N) is 1. The number of pyridine rings is 1. The molecule has 0 radical (unpaired) electrons. The molecule has 0 aliphatic rings. The van der Waals surface area contributed by atoms with Gasteiger partial charge in [-0.05, 0) is 52.3 Å². The number of nitrogens with one attached hydrogen (secondary N) is 1. The van der Waals surface area contributed by atoms with Crippen LogP contribution in [0, 0.1) is 0 Å². The van der Waals surface area contributed by atoms with Crippen molar-refractivity contribution in [2.75, 3.05) is 11.1 Å². The molecule has 0 unspecified atom stereocenters. The third kappa shape index (κ3) is 2.57. The van der Waals surface area contributed by atoms with Gasteiger partial charge in [0, 0.05) is 32.5 Å². The van der Waals surface area contributed by atoms with Gasteiger partial charge >= 0.3 is 0 Å². The van der Waals surface area contributed by atoms with E-state index < -0.39 is 0 Å². The zero-order valence-corrected chi connectivity index (χ0v) is 12.7. The van der Waals surface area contributed by atoms with Gasteiger partial charge in [-0.15, -0.1) is 0 Å². The fourth-order valence-electron chi connectivity index (χ4n) is 2.04. The quantitative estimate of drug-likeness (QED) is 0.642. The summed E-state index contributed by atoms with van der Waals surface area (Å²) in [6.07, 6.45) is 1.75. The largest absolute Gasteiger partial charge is 0.398 e. The first-order valence-electron chi connectivity index (χ1n) is 6.00. The van der Waals surface area contributed by atoms with Crippen LogP contribution < -0.4 is 11.1 Å². The summed E-state index contributed by atoms with van der Waals surface area (Å²) in [5.74, 6) is 0. The van der Waals surface area contributed by atoms with E-state index in [0.717, 1.165) is 26.8 Å². The van der Waals surface area contributed by atoms with Crippen molar-refractivity contribution in [2.45, 2.75) is 0 Å². The lowest BCUT2D eigenvalue weighted by molar-refractivity contribution is 1.38. The van der Waals surface area contributed by atoms with Gasteiger partial charge in [0.25, 0.3) is 0 Å². The topological polar surface area (TPSA) is 50.9 Å². The van der Waals surface area contributed by atoms with Gasteiger partial charge in [0.15, 0.2) is 0 Å².